The van der Waals surface area contributed by atoms with Gasteiger partial charge >= 0.3 is 95.8 Å². The van der Waals surface area contributed by atoms with Crippen LogP contribution in [0, 0.1) is 0 Å². The molecular weight excluding hydrogens is 235 g/mol. The van der Waals surface area contributed by atoms with Crippen molar-refractivity contribution >= 4 is 16.0 Å². The molecule has 14 heavy (non-hydrogen) atoms. The van der Waals surface area contributed by atoms with E-state index in [-0.39, 0.29) is 0 Å². The van der Waals surface area contributed by atoms with E-state index in [1.807, 2.05) is 0 Å². The molecule has 0 unspecified atom stereocenters. The summed E-state index contributed by atoms with van der Waals surface area (Å²) < 4.78 is 0. The molecule has 0 fully saturated rings. The van der Waals surface area contributed by atoms with Gasteiger partial charge in [0.2, 0.25) is 0 Å². The van der Waals surface area contributed by atoms with Gasteiger partial charge in [-0.1, -0.05) is 0 Å². The standard InChI is InChI=1S/C13H19Se/c1-2-3-4-5-8-12-9-6-7-10-13(12)11-14/h6-7,9-10H,2-5,8,11H2,1H3. The summed E-state index contributed by atoms with van der Waals surface area (Å²) in [7, 11) is 0. The Balaban J connectivity index is 2.41. The average Bonchev–Trinajstić information content (AvgIpc) is 2.25. The van der Waals surface area contributed by atoms with Crippen LogP contribution >= 0.6 is 0 Å². The Morgan fingerprint density at radius 1 is 1.00 bits per heavy atom. The summed E-state index contributed by atoms with van der Waals surface area (Å²) in [5.74, 6) is 0. The molecule has 0 nitrogen and oxygen atoms in total. The van der Waals surface area contributed by atoms with Crippen LogP contribution in [0.5, 0.6) is 0 Å². The minimum atomic E-state index is 1.05. The molecule has 0 aliphatic carbocycles. The topological polar surface area (TPSA) is 0 Å². The Morgan fingerprint density at radius 2 is 1.71 bits per heavy atom. The van der Waals surface area contributed by atoms with Crippen LogP contribution in [0.3, 0.4) is 0 Å². The summed E-state index contributed by atoms with van der Waals surface area (Å²) in [6.07, 6.45) is 6.66. The first kappa shape index (κ1) is 11.8. The molecule has 0 heterocycles. The summed E-state index contributed by atoms with van der Waals surface area (Å²) in [5.41, 5.74) is 3.01. The number of unbranched alkanes of at least 4 members (excludes halogenated alkanes) is 3. The van der Waals surface area contributed by atoms with E-state index >= 15 is 0 Å². The molecule has 0 bridgehead atoms. The second kappa shape index (κ2) is 7.09. The van der Waals surface area contributed by atoms with Crippen molar-refractivity contribution < 1.29 is 0 Å². The van der Waals surface area contributed by atoms with E-state index in [0.717, 1.165) is 5.32 Å². The van der Waals surface area contributed by atoms with Gasteiger partial charge in [0.1, 0.15) is 0 Å². The van der Waals surface area contributed by atoms with Crippen molar-refractivity contribution in [3.8, 4) is 0 Å². The van der Waals surface area contributed by atoms with Crippen LogP contribution in [0.2, 0.25) is 0 Å². The maximum absolute atomic E-state index is 3.10. The molecule has 0 aliphatic heterocycles. The van der Waals surface area contributed by atoms with Crippen molar-refractivity contribution in [1.29, 1.82) is 0 Å². The van der Waals surface area contributed by atoms with Gasteiger partial charge in [0.25, 0.3) is 0 Å². The molecule has 0 amide bonds. The normalized spacial score (nSPS) is 10.4. The van der Waals surface area contributed by atoms with E-state index in [4.69, 9.17) is 0 Å². The van der Waals surface area contributed by atoms with Crippen molar-refractivity contribution in [2.45, 2.75) is 44.3 Å². The Morgan fingerprint density at radius 3 is 2.36 bits per heavy atom. The fourth-order valence-corrected chi connectivity index (χ4v) is 2.28. The summed E-state index contributed by atoms with van der Waals surface area (Å²) in [5, 5.41) is 1.05. The summed E-state index contributed by atoms with van der Waals surface area (Å²) in [4.78, 5) is 0. The molecule has 0 saturated carbocycles. The fraction of sp³-hybridized carbons (Fsp3) is 0.538. The molecule has 0 aliphatic rings. The Bertz CT molecular complexity index is 255. The zero-order chi connectivity index (χ0) is 10.2. The summed E-state index contributed by atoms with van der Waals surface area (Å²) in [6.45, 7) is 2.26. The number of benzene rings is 1. The number of hydrogen-bond acceptors (Lipinski definition) is 0. The van der Waals surface area contributed by atoms with Gasteiger partial charge < -0.3 is 0 Å². The van der Waals surface area contributed by atoms with E-state index in [1.54, 1.807) is 0 Å². The maximum atomic E-state index is 3.10. The number of hydrogen-bond donors (Lipinski definition) is 0. The number of aryl methyl sites for hydroxylation is 1. The first-order valence-electron chi connectivity index (χ1n) is 5.53. The molecule has 77 valence electrons. The van der Waals surface area contributed by atoms with Crippen LogP contribution in [0.15, 0.2) is 24.3 Å². The van der Waals surface area contributed by atoms with Gasteiger partial charge in [-0.25, -0.2) is 0 Å². The van der Waals surface area contributed by atoms with Gasteiger partial charge in [0.05, 0.1) is 0 Å². The van der Waals surface area contributed by atoms with Crippen molar-refractivity contribution in [3.63, 3.8) is 0 Å². The molecule has 0 spiro atoms. The minimum absolute atomic E-state index is 1.05. The third kappa shape index (κ3) is 3.86. The van der Waals surface area contributed by atoms with Crippen molar-refractivity contribution in [2.75, 3.05) is 0 Å². The number of rotatable bonds is 6. The zero-order valence-electron chi connectivity index (χ0n) is 8.96. The van der Waals surface area contributed by atoms with Crippen LogP contribution in [0.1, 0.15) is 43.7 Å². The first-order chi connectivity index (χ1) is 6.88. The fourth-order valence-electron chi connectivity index (χ4n) is 1.68. The van der Waals surface area contributed by atoms with Gasteiger partial charge in [-0.2, -0.15) is 0 Å². The Hall–Kier alpha value is -0.261. The molecule has 1 radical (unpaired) electrons. The molecule has 0 aromatic heterocycles. The SMILES string of the molecule is CCCCCCc1ccccc1C[Se]. The van der Waals surface area contributed by atoms with Gasteiger partial charge in [0.15, 0.2) is 0 Å². The van der Waals surface area contributed by atoms with Crippen LogP contribution in [0.4, 0.5) is 0 Å². The van der Waals surface area contributed by atoms with Crippen LogP contribution in [0.25, 0.3) is 0 Å². The van der Waals surface area contributed by atoms with Crippen molar-refractivity contribution in [2.24, 2.45) is 0 Å². The van der Waals surface area contributed by atoms with Crippen molar-refractivity contribution in [1.82, 2.24) is 0 Å². The van der Waals surface area contributed by atoms with E-state index in [1.165, 1.54) is 43.2 Å². The third-order valence-electron chi connectivity index (χ3n) is 2.57. The molecule has 1 heteroatoms. The average molecular weight is 254 g/mol. The molecule has 0 saturated heterocycles. The Kier molecular flexibility index (Phi) is 5.98. The summed E-state index contributed by atoms with van der Waals surface area (Å²) >= 11 is 3.10. The van der Waals surface area contributed by atoms with Gasteiger partial charge in [-0.15, -0.1) is 0 Å². The van der Waals surface area contributed by atoms with E-state index < -0.39 is 0 Å². The van der Waals surface area contributed by atoms with Gasteiger partial charge in [-0.3, -0.25) is 0 Å². The van der Waals surface area contributed by atoms with Crippen LogP contribution < -0.4 is 0 Å². The monoisotopic (exact) mass is 255 g/mol. The molecule has 1 rings (SSSR count). The zero-order valence-corrected chi connectivity index (χ0v) is 10.7. The van der Waals surface area contributed by atoms with Crippen molar-refractivity contribution in [3.05, 3.63) is 35.4 Å². The molecular formula is C13H19Se. The predicted molar refractivity (Wildman–Crippen MR) is 63.7 cm³/mol. The second-order valence-electron chi connectivity index (χ2n) is 3.72. The molecule has 1 aromatic carbocycles. The Labute approximate surface area is 95.9 Å². The van der Waals surface area contributed by atoms with E-state index in [2.05, 4.69) is 47.2 Å². The first-order valence-corrected chi connectivity index (χ1v) is 6.74. The van der Waals surface area contributed by atoms with E-state index in [0.29, 0.717) is 0 Å². The molecule has 0 N–H and O–H groups in total. The molecule has 1 aromatic rings. The van der Waals surface area contributed by atoms with E-state index in [9.17, 15) is 0 Å². The quantitative estimate of drug-likeness (QED) is 0.538. The van der Waals surface area contributed by atoms with Gasteiger partial charge in [-0.05, 0) is 0 Å². The third-order valence-corrected chi connectivity index (χ3v) is 3.23. The van der Waals surface area contributed by atoms with Gasteiger partial charge in [0, 0.05) is 0 Å². The van der Waals surface area contributed by atoms with Crippen LogP contribution in [-0.2, 0) is 11.7 Å². The summed E-state index contributed by atoms with van der Waals surface area (Å²) in [6, 6.07) is 8.76. The predicted octanol–water partition coefficient (Wildman–Crippen LogP) is 3.48. The molecule has 0 atom stereocenters. The van der Waals surface area contributed by atoms with Crippen LogP contribution in [-0.4, -0.2) is 16.0 Å². The second-order valence-corrected chi connectivity index (χ2v) is 4.33.